The molecular formula is C15H19BrFN3. The summed E-state index contributed by atoms with van der Waals surface area (Å²) in [5, 5.41) is 0. The predicted molar refractivity (Wildman–Crippen MR) is 82.9 cm³/mol. The SMILES string of the molecule is CC(C)CC(CN)c1ncc(-c2ccc(F)cc2Br)[nH]1. The summed E-state index contributed by atoms with van der Waals surface area (Å²) in [6.45, 7) is 4.90. The molecule has 5 heteroatoms. The van der Waals surface area contributed by atoms with Crippen LogP contribution in [-0.2, 0) is 0 Å². The second kappa shape index (κ2) is 6.50. The number of hydrogen-bond donors (Lipinski definition) is 2. The Kier molecular flexibility index (Phi) is 4.94. The quantitative estimate of drug-likeness (QED) is 0.862. The van der Waals surface area contributed by atoms with Crippen molar-refractivity contribution >= 4 is 15.9 Å². The highest BCUT2D eigenvalue weighted by atomic mass is 79.9. The summed E-state index contributed by atoms with van der Waals surface area (Å²) in [4.78, 5) is 7.73. The lowest BCUT2D eigenvalue weighted by atomic mass is 9.97. The maximum absolute atomic E-state index is 13.1. The van der Waals surface area contributed by atoms with Crippen molar-refractivity contribution in [2.24, 2.45) is 11.7 Å². The molecule has 0 amide bonds. The number of nitrogens with zero attached hydrogens (tertiary/aromatic N) is 1. The van der Waals surface area contributed by atoms with Gasteiger partial charge in [-0.3, -0.25) is 0 Å². The molecule has 0 bridgehead atoms. The van der Waals surface area contributed by atoms with E-state index in [0.29, 0.717) is 16.9 Å². The Balaban J connectivity index is 2.27. The molecule has 2 aromatic rings. The van der Waals surface area contributed by atoms with E-state index in [1.54, 1.807) is 12.3 Å². The molecule has 2 rings (SSSR count). The molecule has 1 unspecified atom stereocenters. The van der Waals surface area contributed by atoms with Crippen molar-refractivity contribution in [3.05, 3.63) is 40.5 Å². The fourth-order valence-electron chi connectivity index (χ4n) is 2.28. The van der Waals surface area contributed by atoms with Gasteiger partial charge < -0.3 is 10.7 Å². The molecule has 0 aliphatic carbocycles. The number of nitrogens with one attached hydrogen (secondary N) is 1. The van der Waals surface area contributed by atoms with Gasteiger partial charge in [-0.1, -0.05) is 13.8 Å². The standard InChI is InChI=1S/C15H19BrFN3/c1-9(2)5-10(7-18)15-19-8-14(20-15)12-4-3-11(17)6-13(12)16/h3-4,6,8-10H,5,7,18H2,1-2H3,(H,19,20). The summed E-state index contributed by atoms with van der Waals surface area (Å²) in [5.74, 6) is 1.42. The van der Waals surface area contributed by atoms with E-state index in [1.165, 1.54) is 12.1 Å². The lowest BCUT2D eigenvalue weighted by molar-refractivity contribution is 0.490. The summed E-state index contributed by atoms with van der Waals surface area (Å²) >= 11 is 3.38. The molecule has 1 atom stereocenters. The molecule has 0 aliphatic rings. The van der Waals surface area contributed by atoms with E-state index in [1.807, 2.05) is 0 Å². The molecule has 3 N–H and O–H groups in total. The number of aromatic nitrogens is 2. The Labute approximate surface area is 126 Å². The lowest BCUT2D eigenvalue weighted by Crippen LogP contribution is -2.15. The monoisotopic (exact) mass is 339 g/mol. The number of H-pyrrole nitrogens is 1. The topological polar surface area (TPSA) is 54.7 Å². The molecule has 0 saturated carbocycles. The Hall–Kier alpha value is -1.20. The summed E-state index contributed by atoms with van der Waals surface area (Å²) in [6, 6.07) is 4.62. The summed E-state index contributed by atoms with van der Waals surface area (Å²) in [5.41, 5.74) is 7.60. The molecule has 0 saturated heterocycles. The van der Waals surface area contributed by atoms with Crippen LogP contribution < -0.4 is 5.73 Å². The first kappa shape index (κ1) is 15.2. The normalized spacial score (nSPS) is 12.9. The van der Waals surface area contributed by atoms with Gasteiger partial charge >= 0.3 is 0 Å². The average Bonchev–Trinajstić information content (AvgIpc) is 2.85. The average molecular weight is 340 g/mol. The van der Waals surface area contributed by atoms with Crippen molar-refractivity contribution in [1.29, 1.82) is 0 Å². The summed E-state index contributed by atoms with van der Waals surface area (Å²) < 4.78 is 13.8. The molecule has 1 aromatic heterocycles. The number of aromatic amines is 1. The molecule has 3 nitrogen and oxygen atoms in total. The van der Waals surface area contributed by atoms with Gasteiger partial charge in [-0.15, -0.1) is 0 Å². The molecule has 1 heterocycles. The van der Waals surface area contributed by atoms with Crippen molar-refractivity contribution < 1.29 is 4.39 Å². The Morgan fingerprint density at radius 3 is 2.75 bits per heavy atom. The van der Waals surface area contributed by atoms with Crippen molar-refractivity contribution in [3.8, 4) is 11.3 Å². The van der Waals surface area contributed by atoms with E-state index >= 15 is 0 Å². The number of hydrogen-bond acceptors (Lipinski definition) is 2. The van der Waals surface area contributed by atoms with E-state index in [0.717, 1.165) is 23.5 Å². The highest BCUT2D eigenvalue weighted by molar-refractivity contribution is 9.10. The van der Waals surface area contributed by atoms with E-state index in [2.05, 4.69) is 39.7 Å². The maximum Gasteiger partial charge on any atom is 0.124 e. The smallest absolute Gasteiger partial charge is 0.124 e. The second-order valence-electron chi connectivity index (χ2n) is 5.37. The third kappa shape index (κ3) is 3.46. The highest BCUT2D eigenvalue weighted by Gasteiger charge is 2.16. The first-order chi connectivity index (χ1) is 9.51. The van der Waals surface area contributed by atoms with Gasteiger partial charge in [-0.25, -0.2) is 9.37 Å². The zero-order valence-corrected chi connectivity index (χ0v) is 13.2. The molecule has 1 aromatic carbocycles. The van der Waals surface area contributed by atoms with E-state index in [9.17, 15) is 4.39 Å². The molecule has 0 aliphatic heterocycles. The highest BCUT2D eigenvalue weighted by Crippen LogP contribution is 2.29. The fraction of sp³-hybridized carbons (Fsp3) is 0.400. The molecule has 0 radical (unpaired) electrons. The molecule has 108 valence electrons. The van der Waals surface area contributed by atoms with Crippen LogP contribution in [0.3, 0.4) is 0 Å². The largest absolute Gasteiger partial charge is 0.342 e. The Morgan fingerprint density at radius 2 is 2.15 bits per heavy atom. The minimum atomic E-state index is -0.264. The van der Waals surface area contributed by atoms with Crippen LogP contribution in [0, 0.1) is 11.7 Å². The third-order valence-corrected chi connectivity index (χ3v) is 3.90. The minimum absolute atomic E-state index is 0.225. The van der Waals surface area contributed by atoms with Gasteiger partial charge in [0, 0.05) is 22.5 Å². The Morgan fingerprint density at radius 1 is 1.40 bits per heavy atom. The molecule has 20 heavy (non-hydrogen) atoms. The number of benzene rings is 1. The van der Waals surface area contributed by atoms with Gasteiger partial charge in [0.05, 0.1) is 11.9 Å². The number of rotatable bonds is 5. The molecule has 0 spiro atoms. The number of halogens is 2. The van der Waals surface area contributed by atoms with E-state index < -0.39 is 0 Å². The van der Waals surface area contributed by atoms with E-state index in [4.69, 9.17) is 5.73 Å². The van der Waals surface area contributed by atoms with Crippen LogP contribution in [-0.4, -0.2) is 16.5 Å². The van der Waals surface area contributed by atoms with Gasteiger partial charge in [0.25, 0.3) is 0 Å². The number of imidazole rings is 1. The van der Waals surface area contributed by atoms with Crippen molar-refractivity contribution in [2.75, 3.05) is 6.54 Å². The zero-order valence-electron chi connectivity index (χ0n) is 11.7. The van der Waals surface area contributed by atoms with Crippen LogP contribution in [0.4, 0.5) is 4.39 Å². The third-order valence-electron chi connectivity index (χ3n) is 3.24. The van der Waals surface area contributed by atoms with Crippen LogP contribution in [0.25, 0.3) is 11.3 Å². The van der Waals surface area contributed by atoms with E-state index in [-0.39, 0.29) is 11.7 Å². The fourth-order valence-corrected chi connectivity index (χ4v) is 2.84. The summed E-state index contributed by atoms with van der Waals surface area (Å²) in [7, 11) is 0. The van der Waals surface area contributed by atoms with Gasteiger partial charge in [0.15, 0.2) is 0 Å². The zero-order chi connectivity index (χ0) is 14.7. The van der Waals surface area contributed by atoms with Gasteiger partial charge in [0.1, 0.15) is 11.6 Å². The maximum atomic E-state index is 13.1. The summed E-state index contributed by atoms with van der Waals surface area (Å²) in [6.07, 6.45) is 2.77. The van der Waals surface area contributed by atoms with Crippen LogP contribution in [0.2, 0.25) is 0 Å². The van der Waals surface area contributed by atoms with Gasteiger partial charge in [-0.2, -0.15) is 0 Å². The Bertz CT molecular complexity index is 580. The van der Waals surface area contributed by atoms with Crippen LogP contribution in [0.5, 0.6) is 0 Å². The lowest BCUT2D eigenvalue weighted by Gasteiger charge is -2.14. The molecular weight excluding hydrogens is 321 g/mol. The number of nitrogens with two attached hydrogens (primary N) is 1. The van der Waals surface area contributed by atoms with Gasteiger partial charge in [-0.05, 0) is 46.5 Å². The predicted octanol–water partition coefficient (Wildman–Crippen LogP) is 4.07. The van der Waals surface area contributed by atoms with Gasteiger partial charge in [0.2, 0.25) is 0 Å². The minimum Gasteiger partial charge on any atom is -0.342 e. The molecule has 0 fully saturated rings. The first-order valence-corrected chi connectivity index (χ1v) is 7.51. The van der Waals surface area contributed by atoms with Crippen LogP contribution in [0.15, 0.2) is 28.9 Å². The van der Waals surface area contributed by atoms with Crippen molar-refractivity contribution in [1.82, 2.24) is 9.97 Å². The van der Waals surface area contributed by atoms with Crippen LogP contribution in [0.1, 0.15) is 32.0 Å². The van der Waals surface area contributed by atoms with Crippen molar-refractivity contribution in [3.63, 3.8) is 0 Å². The van der Waals surface area contributed by atoms with Crippen LogP contribution >= 0.6 is 15.9 Å². The van der Waals surface area contributed by atoms with Crippen molar-refractivity contribution in [2.45, 2.75) is 26.2 Å². The second-order valence-corrected chi connectivity index (χ2v) is 6.22. The first-order valence-electron chi connectivity index (χ1n) is 6.71.